The number of benzene rings is 1. The van der Waals surface area contributed by atoms with E-state index in [0.717, 1.165) is 22.2 Å². The van der Waals surface area contributed by atoms with Crippen LogP contribution in [0.2, 0.25) is 0 Å². The molecule has 0 radical (unpaired) electrons. The van der Waals surface area contributed by atoms with Crippen LogP contribution in [-0.2, 0) is 14.9 Å². The van der Waals surface area contributed by atoms with Gasteiger partial charge in [-0.3, -0.25) is 14.2 Å². The lowest BCUT2D eigenvalue weighted by Gasteiger charge is -2.12. The van der Waals surface area contributed by atoms with Gasteiger partial charge in [0.15, 0.2) is 0 Å². The molecule has 0 bridgehead atoms. The van der Waals surface area contributed by atoms with Gasteiger partial charge in [0, 0.05) is 12.1 Å². The first-order valence-electron chi connectivity index (χ1n) is 6.15. The maximum atomic E-state index is 12.3. The molecule has 0 spiro atoms. The van der Waals surface area contributed by atoms with Gasteiger partial charge in [-0.1, -0.05) is 42.2 Å². The summed E-state index contributed by atoms with van der Waals surface area (Å²) in [6, 6.07) is 7.19. The molecule has 0 atom stereocenters. The molecule has 0 unspecified atom stereocenters. The van der Waals surface area contributed by atoms with Gasteiger partial charge in [-0.15, -0.1) is 0 Å². The summed E-state index contributed by atoms with van der Waals surface area (Å²) in [5.74, 6) is -0.322. The molecular formula is C13H13NO5S3. The van der Waals surface area contributed by atoms with Crippen LogP contribution in [0.15, 0.2) is 29.2 Å². The van der Waals surface area contributed by atoms with Crippen molar-refractivity contribution in [3.63, 3.8) is 0 Å². The minimum atomic E-state index is -4.15. The van der Waals surface area contributed by atoms with Crippen LogP contribution in [0.25, 0.3) is 6.08 Å². The van der Waals surface area contributed by atoms with Gasteiger partial charge in [-0.05, 0) is 12.1 Å². The van der Waals surface area contributed by atoms with Gasteiger partial charge < -0.3 is 4.74 Å². The Balaban J connectivity index is 2.22. The van der Waals surface area contributed by atoms with Crippen molar-refractivity contribution in [3.05, 3.63) is 34.7 Å². The number of hydrogen-bond donors (Lipinski definition) is 1. The number of carbonyl (C=O) groups excluding carboxylic acids is 1. The zero-order chi connectivity index (χ0) is 16.3. The molecular weight excluding hydrogens is 346 g/mol. The third-order valence-corrected chi connectivity index (χ3v) is 4.95. The molecule has 0 saturated carbocycles. The highest BCUT2D eigenvalue weighted by molar-refractivity contribution is 8.26. The van der Waals surface area contributed by atoms with Crippen molar-refractivity contribution in [2.45, 2.75) is 0 Å². The van der Waals surface area contributed by atoms with E-state index in [0.29, 0.717) is 10.7 Å². The minimum Gasteiger partial charge on any atom is -0.496 e. The summed E-state index contributed by atoms with van der Waals surface area (Å²) in [4.78, 5) is 13.8. The molecule has 1 aliphatic heterocycles. The molecule has 0 aliphatic carbocycles. The Labute approximate surface area is 137 Å². The molecule has 1 amide bonds. The lowest BCUT2D eigenvalue weighted by molar-refractivity contribution is -0.121. The fourth-order valence-electron chi connectivity index (χ4n) is 1.83. The zero-order valence-corrected chi connectivity index (χ0v) is 14.0. The highest BCUT2D eigenvalue weighted by Gasteiger charge is 2.32. The summed E-state index contributed by atoms with van der Waals surface area (Å²) in [7, 11) is -2.62. The number of thioether (sulfide) groups is 1. The topological polar surface area (TPSA) is 83.9 Å². The molecule has 1 aromatic carbocycles. The third-order valence-electron chi connectivity index (χ3n) is 2.87. The van der Waals surface area contributed by atoms with Crippen molar-refractivity contribution < 1.29 is 22.5 Å². The minimum absolute atomic E-state index is 0.174. The maximum Gasteiger partial charge on any atom is 0.266 e. The molecule has 1 heterocycles. The van der Waals surface area contributed by atoms with Crippen LogP contribution in [0.1, 0.15) is 5.56 Å². The standard InChI is InChI=1S/C13H13NO5S3/c1-19-10-5-3-2-4-9(10)8-11-12(15)14(13(20)21-11)6-7-22(16,17)18/h2-5,8H,6-7H2,1H3,(H,16,17,18)/b11-8-. The highest BCUT2D eigenvalue weighted by atomic mass is 32.2. The largest absolute Gasteiger partial charge is 0.496 e. The van der Waals surface area contributed by atoms with Gasteiger partial charge in [0.25, 0.3) is 16.0 Å². The third kappa shape index (κ3) is 4.07. The molecule has 22 heavy (non-hydrogen) atoms. The van der Waals surface area contributed by atoms with Gasteiger partial charge in [0.2, 0.25) is 0 Å². The average molecular weight is 359 g/mol. The zero-order valence-electron chi connectivity index (χ0n) is 11.6. The van der Waals surface area contributed by atoms with Crippen LogP contribution in [0.3, 0.4) is 0 Å². The average Bonchev–Trinajstić information content (AvgIpc) is 2.71. The summed E-state index contributed by atoms with van der Waals surface area (Å²) in [6.45, 7) is -0.174. The fraction of sp³-hybridized carbons (Fsp3) is 0.231. The summed E-state index contributed by atoms with van der Waals surface area (Å²) in [5, 5.41) is 0. The smallest absolute Gasteiger partial charge is 0.266 e. The summed E-state index contributed by atoms with van der Waals surface area (Å²) in [6.07, 6.45) is 1.64. The number of hydrogen-bond acceptors (Lipinski definition) is 6. The van der Waals surface area contributed by atoms with Crippen LogP contribution < -0.4 is 4.74 Å². The number of rotatable bonds is 5. The number of methoxy groups -OCH3 is 1. The number of amides is 1. The lowest BCUT2D eigenvalue weighted by atomic mass is 10.2. The van der Waals surface area contributed by atoms with Crippen LogP contribution in [0.4, 0.5) is 0 Å². The number of carbonyl (C=O) groups is 1. The Morgan fingerprint density at radius 3 is 2.73 bits per heavy atom. The van der Waals surface area contributed by atoms with Crippen molar-refractivity contribution >= 4 is 50.4 Å². The summed E-state index contributed by atoms with van der Waals surface area (Å²) < 4.78 is 35.8. The van der Waals surface area contributed by atoms with E-state index < -0.39 is 15.9 Å². The molecule has 1 aliphatic rings. The second-order valence-corrected chi connectivity index (χ2v) is 7.61. The molecule has 1 aromatic rings. The molecule has 9 heteroatoms. The highest BCUT2D eigenvalue weighted by Crippen LogP contribution is 2.34. The fourth-order valence-corrected chi connectivity index (χ4v) is 3.54. The lowest BCUT2D eigenvalue weighted by Crippen LogP contribution is -2.32. The van der Waals surface area contributed by atoms with Crippen molar-refractivity contribution in [2.24, 2.45) is 0 Å². The predicted molar refractivity (Wildman–Crippen MR) is 89.3 cm³/mol. The SMILES string of the molecule is COc1ccccc1/C=C1\SC(=S)N(CCS(=O)(=O)O)C1=O. The molecule has 6 nitrogen and oxygen atoms in total. The molecule has 0 aromatic heterocycles. The first kappa shape index (κ1) is 16.9. The summed E-state index contributed by atoms with van der Waals surface area (Å²) >= 11 is 6.16. The van der Waals surface area contributed by atoms with E-state index in [1.54, 1.807) is 18.2 Å². The van der Waals surface area contributed by atoms with Gasteiger partial charge in [-0.2, -0.15) is 8.42 Å². The number of nitrogens with zero attached hydrogens (tertiary/aromatic N) is 1. The Bertz CT molecular complexity index is 742. The first-order valence-corrected chi connectivity index (χ1v) is 8.99. The van der Waals surface area contributed by atoms with Crippen LogP contribution >= 0.6 is 24.0 Å². The van der Waals surface area contributed by atoms with Gasteiger partial charge in [0.05, 0.1) is 17.8 Å². The van der Waals surface area contributed by atoms with E-state index >= 15 is 0 Å². The monoisotopic (exact) mass is 359 g/mol. The van der Waals surface area contributed by atoms with Gasteiger partial charge >= 0.3 is 0 Å². The number of ether oxygens (including phenoxy) is 1. The number of para-hydroxylation sites is 1. The molecule has 118 valence electrons. The van der Waals surface area contributed by atoms with E-state index in [-0.39, 0.29) is 16.8 Å². The van der Waals surface area contributed by atoms with Crippen LogP contribution in [-0.4, -0.2) is 47.5 Å². The van der Waals surface area contributed by atoms with Gasteiger partial charge in [-0.25, -0.2) is 0 Å². The van der Waals surface area contributed by atoms with Gasteiger partial charge in [0.1, 0.15) is 10.1 Å². The van der Waals surface area contributed by atoms with Crippen molar-refractivity contribution in [2.75, 3.05) is 19.4 Å². The Kier molecular flexibility index (Phi) is 5.22. The number of thiocarbonyl (C=S) groups is 1. The molecule has 1 fully saturated rings. The summed E-state index contributed by atoms with van der Waals surface area (Å²) in [5.41, 5.74) is 0.722. The van der Waals surface area contributed by atoms with Crippen molar-refractivity contribution in [1.29, 1.82) is 0 Å². The molecule has 2 rings (SSSR count). The van der Waals surface area contributed by atoms with E-state index in [1.807, 2.05) is 12.1 Å². The van der Waals surface area contributed by atoms with E-state index in [1.165, 1.54) is 7.11 Å². The van der Waals surface area contributed by atoms with Crippen molar-refractivity contribution in [3.8, 4) is 5.75 Å². The molecule has 1 saturated heterocycles. The molecule has 1 N–H and O–H groups in total. The predicted octanol–water partition coefficient (Wildman–Crippen LogP) is 1.78. The Morgan fingerprint density at radius 2 is 2.09 bits per heavy atom. The van der Waals surface area contributed by atoms with Crippen LogP contribution in [0.5, 0.6) is 5.75 Å². The van der Waals surface area contributed by atoms with E-state index in [2.05, 4.69) is 0 Å². The van der Waals surface area contributed by atoms with Crippen LogP contribution in [0, 0.1) is 0 Å². The first-order chi connectivity index (χ1) is 10.3. The van der Waals surface area contributed by atoms with E-state index in [9.17, 15) is 13.2 Å². The van der Waals surface area contributed by atoms with Crippen molar-refractivity contribution in [1.82, 2.24) is 4.90 Å². The second-order valence-electron chi connectivity index (χ2n) is 4.36. The Hall–Kier alpha value is -1.42. The quantitative estimate of drug-likeness (QED) is 0.487. The Morgan fingerprint density at radius 1 is 1.41 bits per heavy atom. The van der Waals surface area contributed by atoms with E-state index in [4.69, 9.17) is 21.5 Å². The normalized spacial score (nSPS) is 17.4. The maximum absolute atomic E-state index is 12.3. The second kappa shape index (κ2) is 6.78.